The molecule has 0 aromatic heterocycles. The lowest BCUT2D eigenvalue weighted by molar-refractivity contribution is 0.0638. The predicted octanol–water partition coefficient (Wildman–Crippen LogP) is 2.95. The van der Waals surface area contributed by atoms with E-state index in [2.05, 4.69) is 4.74 Å². The van der Waals surface area contributed by atoms with Gasteiger partial charge in [0.25, 0.3) is 0 Å². The Kier molecular flexibility index (Phi) is 5.70. The van der Waals surface area contributed by atoms with Gasteiger partial charge in [-0.05, 0) is 19.1 Å². The van der Waals surface area contributed by atoms with Gasteiger partial charge in [0.1, 0.15) is 6.61 Å². The van der Waals surface area contributed by atoms with Crippen molar-refractivity contribution in [3.8, 4) is 0 Å². The first-order chi connectivity index (χ1) is 7.33. The fourth-order valence-electron chi connectivity index (χ4n) is 0.961. The van der Waals surface area contributed by atoms with Gasteiger partial charge >= 0.3 is 6.16 Å². The molecule has 3 nitrogen and oxygen atoms in total. The smallest absolute Gasteiger partial charge is 0.435 e. The summed E-state index contributed by atoms with van der Waals surface area (Å²) < 4.78 is 9.45. The van der Waals surface area contributed by atoms with Crippen molar-refractivity contribution < 1.29 is 14.3 Å². The molecule has 0 spiro atoms. The van der Waals surface area contributed by atoms with E-state index in [1.54, 1.807) is 18.7 Å². The summed E-state index contributed by atoms with van der Waals surface area (Å²) in [4.78, 5) is 12.0. The van der Waals surface area contributed by atoms with Crippen molar-refractivity contribution in [1.82, 2.24) is 0 Å². The normalized spacial score (nSPS) is 9.67. The number of thioether (sulfide) groups is 1. The molecule has 0 N–H and O–H groups in total. The first-order valence-electron chi connectivity index (χ1n) is 4.80. The lowest BCUT2D eigenvalue weighted by Crippen LogP contribution is -2.09. The van der Waals surface area contributed by atoms with E-state index >= 15 is 0 Å². The molecule has 0 aliphatic heterocycles. The number of benzene rings is 1. The third kappa shape index (κ3) is 5.32. The van der Waals surface area contributed by atoms with Crippen LogP contribution < -0.4 is 0 Å². The summed E-state index contributed by atoms with van der Waals surface area (Å²) in [7, 11) is 0. The molecule has 15 heavy (non-hydrogen) atoms. The maximum atomic E-state index is 10.8. The molecule has 0 radical (unpaired) electrons. The number of hydrogen-bond donors (Lipinski definition) is 0. The lowest BCUT2D eigenvalue weighted by atomic mass is 10.4. The monoisotopic (exact) mass is 226 g/mol. The van der Waals surface area contributed by atoms with Crippen LogP contribution in [0, 0.1) is 0 Å². The molecule has 0 aliphatic rings. The molecular weight excluding hydrogens is 212 g/mol. The summed E-state index contributed by atoms with van der Waals surface area (Å²) in [5.74, 6) is 0.739. The van der Waals surface area contributed by atoms with E-state index in [9.17, 15) is 4.79 Å². The highest BCUT2D eigenvalue weighted by molar-refractivity contribution is 7.99. The largest absolute Gasteiger partial charge is 0.508 e. The molecule has 0 amide bonds. The molecule has 1 rings (SSSR count). The van der Waals surface area contributed by atoms with Crippen molar-refractivity contribution in [2.24, 2.45) is 0 Å². The molecule has 0 heterocycles. The molecule has 0 aliphatic carbocycles. The second-order valence-corrected chi connectivity index (χ2v) is 3.86. The van der Waals surface area contributed by atoms with Crippen molar-refractivity contribution in [2.75, 3.05) is 19.0 Å². The molecule has 1 aromatic rings. The molecule has 0 unspecified atom stereocenters. The Morgan fingerprint density at radius 2 is 2.00 bits per heavy atom. The van der Waals surface area contributed by atoms with Crippen molar-refractivity contribution in [3.05, 3.63) is 30.3 Å². The van der Waals surface area contributed by atoms with Crippen LogP contribution in [0.3, 0.4) is 0 Å². The Bertz CT molecular complexity index is 287. The quantitative estimate of drug-likeness (QED) is 0.439. The van der Waals surface area contributed by atoms with Crippen molar-refractivity contribution in [1.29, 1.82) is 0 Å². The van der Waals surface area contributed by atoms with Crippen LogP contribution in [-0.4, -0.2) is 25.1 Å². The summed E-state index contributed by atoms with van der Waals surface area (Å²) in [5, 5.41) is 0. The fraction of sp³-hybridized carbons (Fsp3) is 0.364. The number of carbonyl (C=O) groups excluding carboxylic acids is 1. The Hall–Kier alpha value is -1.16. The van der Waals surface area contributed by atoms with Gasteiger partial charge in [-0.3, -0.25) is 0 Å². The van der Waals surface area contributed by atoms with Crippen LogP contribution in [0.15, 0.2) is 35.2 Å². The lowest BCUT2D eigenvalue weighted by Gasteiger charge is -2.04. The van der Waals surface area contributed by atoms with Crippen molar-refractivity contribution in [2.45, 2.75) is 11.8 Å². The average molecular weight is 226 g/mol. The third-order valence-corrected chi connectivity index (χ3v) is 2.55. The van der Waals surface area contributed by atoms with Crippen LogP contribution in [-0.2, 0) is 9.47 Å². The molecule has 0 saturated heterocycles. The van der Waals surface area contributed by atoms with Gasteiger partial charge in [0.15, 0.2) is 0 Å². The number of ether oxygens (including phenoxy) is 2. The molecule has 1 aromatic carbocycles. The van der Waals surface area contributed by atoms with Crippen LogP contribution in [0.5, 0.6) is 0 Å². The van der Waals surface area contributed by atoms with E-state index < -0.39 is 6.16 Å². The summed E-state index contributed by atoms with van der Waals surface area (Å²) in [6.45, 7) is 2.48. The summed E-state index contributed by atoms with van der Waals surface area (Å²) in [6.07, 6.45) is -0.592. The third-order valence-electron chi connectivity index (χ3n) is 1.58. The summed E-state index contributed by atoms with van der Waals surface area (Å²) in [5.41, 5.74) is 0. The average Bonchev–Trinajstić information content (AvgIpc) is 2.26. The van der Waals surface area contributed by atoms with Crippen LogP contribution in [0.25, 0.3) is 0 Å². The molecule has 82 valence electrons. The number of carbonyl (C=O) groups is 1. The minimum atomic E-state index is -0.592. The van der Waals surface area contributed by atoms with Gasteiger partial charge in [0.05, 0.1) is 6.61 Å². The Labute approximate surface area is 93.8 Å². The molecule has 0 saturated carbocycles. The second-order valence-electron chi connectivity index (χ2n) is 2.69. The maximum Gasteiger partial charge on any atom is 0.508 e. The van der Waals surface area contributed by atoms with Crippen LogP contribution in [0.4, 0.5) is 4.79 Å². The molecule has 0 atom stereocenters. The fourth-order valence-corrected chi connectivity index (χ4v) is 1.71. The zero-order chi connectivity index (χ0) is 10.9. The van der Waals surface area contributed by atoms with E-state index in [-0.39, 0.29) is 0 Å². The maximum absolute atomic E-state index is 10.8. The van der Waals surface area contributed by atoms with E-state index in [1.807, 2.05) is 30.3 Å². The molecule has 4 heteroatoms. The first-order valence-corrected chi connectivity index (χ1v) is 5.79. The Balaban J connectivity index is 2.10. The summed E-state index contributed by atoms with van der Waals surface area (Å²) in [6, 6.07) is 9.98. The van der Waals surface area contributed by atoms with Crippen LogP contribution >= 0.6 is 11.8 Å². The van der Waals surface area contributed by atoms with Crippen molar-refractivity contribution >= 4 is 17.9 Å². The van der Waals surface area contributed by atoms with Gasteiger partial charge in [-0.15, -0.1) is 11.8 Å². The second kappa shape index (κ2) is 7.17. The predicted molar refractivity (Wildman–Crippen MR) is 60.1 cm³/mol. The zero-order valence-corrected chi connectivity index (χ0v) is 9.46. The summed E-state index contributed by atoms with van der Waals surface area (Å²) >= 11 is 1.65. The topological polar surface area (TPSA) is 35.5 Å². The Morgan fingerprint density at radius 1 is 1.27 bits per heavy atom. The van der Waals surface area contributed by atoms with Gasteiger partial charge in [-0.2, -0.15) is 0 Å². The molecule has 0 bridgehead atoms. The minimum Gasteiger partial charge on any atom is -0.435 e. The van der Waals surface area contributed by atoms with E-state index in [1.165, 1.54) is 4.90 Å². The van der Waals surface area contributed by atoms with Gasteiger partial charge < -0.3 is 9.47 Å². The molecule has 0 fully saturated rings. The highest BCUT2D eigenvalue weighted by Gasteiger charge is 2.01. The van der Waals surface area contributed by atoms with Crippen LogP contribution in [0.1, 0.15) is 6.92 Å². The van der Waals surface area contributed by atoms with Crippen molar-refractivity contribution in [3.63, 3.8) is 0 Å². The minimum absolute atomic E-state index is 0.352. The van der Waals surface area contributed by atoms with Gasteiger partial charge in [0, 0.05) is 10.6 Å². The molecular formula is C11H14O3S. The highest BCUT2D eigenvalue weighted by atomic mass is 32.2. The number of hydrogen-bond acceptors (Lipinski definition) is 4. The standard InChI is InChI=1S/C11H14O3S/c1-2-13-11(12)14-8-9-15-10-6-4-3-5-7-10/h3-7H,2,8-9H2,1H3. The van der Waals surface area contributed by atoms with Gasteiger partial charge in [-0.25, -0.2) is 4.79 Å². The van der Waals surface area contributed by atoms with E-state index in [0.29, 0.717) is 13.2 Å². The Morgan fingerprint density at radius 3 is 2.67 bits per heavy atom. The van der Waals surface area contributed by atoms with Gasteiger partial charge in [0.2, 0.25) is 0 Å². The van der Waals surface area contributed by atoms with E-state index in [4.69, 9.17) is 4.74 Å². The van der Waals surface area contributed by atoms with E-state index in [0.717, 1.165) is 5.75 Å². The SMILES string of the molecule is CCOC(=O)OCCSc1ccccc1. The zero-order valence-electron chi connectivity index (χ0n) is 8.64. The van der Waals surface area contributed by atoms with Gasteiger partial charge in [-0.1, -0.05) is 18.2 Å². The first kappa shape index (κ1) is 11.9. The highest BCUT2D eigenvalue weighted by Crippen LogP contribution is 2.16. The van der Waals surface area contributed by atoms with Crippen LogP contribution in [0.2, 0.25) is 0 Å². The number of rotatable bonds is 5.